The highest BCUT2D eigenvalue weighted by atomic mass is 32.2. The van der Waals surface area contributed by atoms with Crippen LogP contribution >= 0.6 is 0 Å². The summed E-state index contributed by atoms with van der Waals surface area (Å²) in [6.07, 6.45) is 1.55. The lowest BCUT2D eigenvalue weighted by Crippen LogP contribution is -2.26. The van der Waals surface area contributed by atoms with E-state index in [1.165, 1.54) is 24.3 Å². The minimum absolute atomic E-state index is 0.00956. The van der Waals surface area contributed by atoms with E-state index in [2.05, 4.69) is 20.0 Å². The molecule has 0 aliphatic rings. The van der Waals surface area contributed by atoms with Gasteiger partial charge in [0.05, 0.1) is 22.1 Å². The van der Waals surface area contributed by atoms with Gasteiger partial charge in [0.25, 0.3) is 5.69 Å². The lowest BCUT2D eigenvalue weighted by Gasteiger charge is -2.09. The summed E-state index contributed by atoms with van der Waals surface area (Å²) in [5.74, 6) is 0.287. The fourth-order valence-corrected chi connectivity index (χ4v) is 3.46. The molecule has 2 aromatic carbocycles. The second-order valence-corrected chi connectivity index (χ2v) is 7.61. The lowest BCUT2D eigenvalue weighted by molar-refractivity contribution is -0.384. The fraction of sp³-hybridized carbons (Fsp3) is 0.111. The van der Waals surface area contributed by atoms with Crippen LogP contribution in [0.2, 0.25) is 0 Å². The highest BCUT2D eigenvalue weighted by Gasteiger charge is 2.13. The molecule has 1 aromatic heterocycles. The molecule has 1 heterocycles. The van der Waals surface area contributed by atoms with Crippen LogP contribution in [0.5, 0.6) is 0 Å². The number of aromatic nitrogens is 2. The molecule has 3 aromatic rings. The van der Waals surface area contributed by atoms with Gasteiger partial charge in [-0.15, -0.1) is 0 Å². The summed E-state index contributed by atoms with van der Waals surface area (Å²) < 4.78 is 26.3. The molecule has 0 fully saturated rings. The van der Waals surface area contributed by atoms with Gasteiger partial charge in [-0.3, -0.25) is 10.1 Å². The van der Waals surface area contributed by atoms with E-state index in [-0.39, 0.29) is 29.7 Å². The number of rotatable bonds is 8. The molecule has 3 N–H and O–H groups in total. The van der Waals surface area contributed by atoms with E-state index < -0.39 is 14.9 Å². The summed E-state index contributed by atoms with van der Waals surface area (Å²) in [7, 11) is -3.68. The number of sulfonamides is 1. The van der Waals surface area contributed by atoms with Crippen LogP contribution in [-0.2, 0) is 10.0 Å². The Bertz CT molecular complexity index is 1100. The first-order chi connectivity index (χ1) is 13.9. The molecule has 0 unspecified atom stereocenters. The van der Waals surface area contributed by atoms with Crippen molar-refractivity contribution in [3.05, 3.63) is 70.9 Å². The van der Waals surface area contributed by atoms with E-state index >= 15 is 0 Å². The first-order valence-electron chi connectivity index (χ1n) is 8.44. The summed E-state index contributed by atoms with van der Waals surface area (Å²) in [5, 5.41) is 22.5. The van der Waals surface area contributed by atoms with Crippen molar-refractivity contribution in [3.8, 4) is 11.3 Å². The average Bonchev–Trinajstić information content (AvgIpc) is 2.73. The number of nitro groups is 1. The van der Waals surface area contributed by atoms with Gasteiger partial charge in [-0.05, 0) is 42.5 Å². The standard InChI is InChI=1S/C18H17N5O5S/c24-12-11-20-29(27,28)16-7-3-14(4-8-16)21-18-19-10-9-17(22-18)13-1-5-15(6-2-13)23(25)26/h1-10,20,24H,11-12H2,(H,19,21,22). The summed E-state index contributed by atoms with van der Waals surface area (Å²) in [5.41, 5.74) is 1.83. The van der Waals surface area contributed by atoms with E-state index in [0.29, 0.717) is 16.9 Å². The number of nitrogens with one attached hydrogen (secondary N) is 2. The number of nitrogens with zero attached hydrogens (tertiary/aromatic N) is 3. The molecule has 10 nitrogen and oxygen atoms in total. The van der Waals surface area contributed by atoms with Crippen molar-refractivity contribution < 1.29 is 18.4 Å². The molecule has 150 valence electrons. The predicted molar refractivity (Wildman–Crippen MR) is 106 cm³/mol. The van der Waals surface area contributed by atoms with Crippen LogP contribution in [-0.4, -0.2) is 41.6 Å². The maximum atomic E-state index is 12.0. The van der Waals surface area contributed by atoms with E-state index in [1.807, 2.05) is 0 Å². The maximum absolute atomic E-state index is 12.0. The van der Waals surface area contributed by atoms with Gasteiger partial charge in [0.1, 0.15) is 0 Å². The van der Waals surface area contributed by atoms with E-state index in [4.69, 9.17) is 5.11 Å². The molecule has 0 aliphatic carbocycles. The van der Waals surface area contributed by atoms with Crippen molar-refractivity contribution in [2.24, 2.45) is 0 Å². The van der Waals surface area contributed by atoms with E-state index in [0.717, 1.165) is 0 Å². The van der Waals surface area contributed by atoms with E-state index in [1.54, 1.807) is 36.5 Å². The zero-order valence-electron chi connectivity index (χ0n) is 15.0. The molecular weight excluding hydrogens is 398 g/mol. The summed E-state index contributed by atoms with van der Waals surface area (Å²) in [4.78, 5) is 18.9. The number of aliphatic hydroxyl groups is 1. The summed E-state index contributed by atoms with van der Waals surface area (Å²) in [6.45, 7) is -0.354. The molecular formula is C18H17N5O5S. The van der Waals surface area contributed by atoms with Crippen molar-refractivity contribution in [1.82, 2.24) is 14.7 Å². The molecule has 0 bridgehead atoms. The Labute approximate surface area is 166 Å². The monoisotopic (exact) mass is 415 g/mol. The van der Waals surface area contributed by atoms with Gasteiger partial charge in [-0.25, -0.2) is 23.1 Å². The largest absolute Gasteiger partial charge is 0.395 e. The Kier molecular flexibility index (Phi) is 6.12. The number of hydrogen-bond acceptors (Lipinski definition) is 8. The molecule has 29 heavy (non-hydrogen) atoms. The molecule has 0 atom stereocenters. The van der Waals surface area contributed by atoms with Gasteiger partial charge >= 0.3 is 0 Å². The van der Waals surface area contributed by atoms with Gasteiger partial charge in [0, 0.05) is 36.1 Å². The van der Waals surface area contributed by atoms with Crippen molar-refractivity contribution in [1.29, 1.82) is 0 Å². The third-order valence-corrected chi connectivity index (χ3v) is 5.33. The summed E-state index contributed by atoms with van der Waals surface area (Å²) in [6, 6.07) is 13.6. The Morgan fingerprint density at radius 3 is 2.34 bits per heavy atom. The second-order valence-electron chi connectivity index (χ2n) is 5.84. The van der Waals surface area contributed by atoms with Crippen LogP contribution in [0.4, 0.5) is 17.3 Å². The van der Waals surface area contributed by atoms with Gasteiger partial charge in [0.2, 0.25) is 16.0 Å². The van der Waals surface area contributed by atoms with Crippen LogP contribution < -0.4 is 10.0 Å². The Hall–Kier alpha value is -3.41. The van der Waals surface area contributed by atoms with Gasteiger partial charge in [-0.2, -0.15) is 0 Å². The van der Waals surface area contributed by atoms with Crippen LogP contribution in [0.1, 0.15) is 0 Å². The first kappa shape index (κ1) is 20.3. The Balaban J connectivity index is 1.76. The van der Waals surface area contributed by atoms with Crippen LogP contribution in [0, 0.1) is 10.1 Å². The number of hydrogen-bond donors (Lipinski definition) is 3. The minimum atomic E-state index is -3.68. The van der Waals surface area contributed by atoms with Crippen LogP contribution in [0.3, 0.4) is 0 Å². The maximum Gasteiger partial charge on any atom is 0.269 e. The minimum Gasteiger partial charge on any atom is -0.395 e. The SMILES string of the molecule is O=[N+]([O-])c1ccc(-c2ccnc(Nc3ccc(S(=O)(=O)NCCO)cc3)n2)cc1. The molecule has 0 spiro atoms. The van der Waals surface area contributed by atoms with Crippen LogP contribution in [0.25, 0.3) is 11.3 Å². The molecule has 11 heteroatoms. The first-order valence-corrected chi connectivity index (χ1v) is 9.93. The number of non-ortho nitro benzene ring substituents is 1. The van der Waals surface area contributed by atoms with Gasteiger partial charge in [-0.1, -0.05) is 0 Å². The lowest BCUT2D eigenvalue weighted by atomic mass is 10.1. The smallest absolute Gasteiger partial charge is 0.269 e. The zero-order valence-corrected chi connectivity index (χ0v) is 15.8. The molecule has 0 amide bonds. The van der Waals surface area contributed by atoms with Crippen molar-refractivity contribution in [2.45, 2.75) is 4.90 Å². The van der Waals surface area contributed by atoms with Crippen LogP contribution in [0.15, 0.2) is 65.7 Å². The molecule has 0 aliphatic heterocycles. The summed E-state index contributed by atoms with van der Waals surface area (Å²) >= 11 is 0. The fourth-order valence-electron chi connectivity index (χ4n) is 2.44. The highest BCUT2D eigenvalue weighted by Crippen LogP contribution is 2.22. The highest BCUT2D eigenvalue weighted by molar-refractivity contribution is 7.89. The topological polar surface area (TPSA) is 147 Å². The zero-order chi connectivity index (χ0) is 20.9. The molecule has 3 rings (SSSR count). The number of benzene rings is 2. The molecule has 0 saturated heterocycles. The molecule has 0 radical (unpaired) electrons. The predicted octanol–water partition coefficient (Wildman–Crippen LogP) is 2.07. The Morgan fingerprint density at radius 2 is 1.72 bits per heavy atom. The quantitative estimate of drug-likeness (QED) is 0.374. The normalized spacial score (nSPS) is 11.2. The van der Waals surface area contributed by atoms with Crippen molar-refractivity contribution >= 4 is 27.3 Å². The second kappa shape index (κ2) is 8.73. The van der Waals surface area contributed by atoms with Crippen molar-refractivity contribution in [2.75, 3.05) is 18.5 Å². The number of aliphatic hydroxyl groups excluding tert-OH is 1. The molecule has 0 saturated carbocycles. The Morgan fingerprint density at radius 1 is 1.03 bits per heavy atom. The van der Waals surface area contributed by atoms with Gasteiger partial charge < -0.3 is 10.4 Å². The number of nitro benzene ring substituents is 1. The van der Waals surface area contributed by atoms with E-state index in [9.17, 15) is 18.5 Å². The third-order valence-electron chi connectivity index (χ3n) is 3.85. The van der Waals surface area contributed by atoms with Crippen molar-refractivity contribution in [3.63, 3.8) is 0 Å². The van der Waals surface area contributed by atoms with Gasteiger partial charge in [0.15, 0.2) is 0 Å². The third kappa shape index (κ3) is 5.10. The average molecular weight is 415 g/mol. The number of anilines is 2.